The predicted molar refractivity (Wildman–Crippen MR) is 96.3 cm³/mol. The van der Waals surface area contributed by atoms with Crippen molar-refractivity contribution in [3.8, 4) is 0 Å². The number of nitrogens with zero attached hydrogens (tertiary/aromatic N) is 5. The van der Waals surface area contributed by atoms with Crippen molar-refractivity contribution in [2.45, 2.75) is 20.8 Å². The van der Waals surface area contributed by atoms with Gasteiger partial charge in [0.15, 0.2) is 0 Å². The maximum atomic E-state index is 12.2. The van der Waals surface area contributed by atoms with E-state index in [4.69, 9.17) is 0 Å². The van der Waals surface area contributed by atoms with Crippen molar-refractivity contribution >= 4 is 23.5 Å². The van der Waals surface area contributed by atoms with Gasteiger partial charge in [-0.2, -0.15) is 10.1 Å². The molecule has 0 unspecified atom stereocenters. The minimum atomic E-state index is -0.477. The van der Waals surface area contributed by atoms with Crippen molar-refractivity contribution in [1.29, 1.82) is 0 Å². The van der Waals surface area contributed by atoms with E-state index in [9.17, 15) is 4.79 Å². The second kappa shape index (κ2) is 7.04. The average molecular weight is 334 g/mol. The van der Waals surface area contributed by atoms with Crippen LogP contribution in [0.25, 0.3) is 11.9 Å². The third-order valence-corrected chi connectivity index (χ3v) is 3.47. The number of rotatable bonds is 4. The Morgan fingerprint density at radius 2 is 1.96 bits per heavy atom. The number of hydrogen-bond donors (Lipinski definition) is 1. The maximum Gasteiger partial charge on any atom is 0.311 e. The number of allylic oxidation sites excluding steroid dienone is 1. The molecule has 3 aromatic rings. The number of nitrogens with one attached hydrogen (secondary N) is 1. The van der Waals surface area contributed by atoms with E-state index in [0.29, 0.717) is 11.5 Å². The number of carbonyl (C=O) groups is 1. The lowest BCUT2D eigenvalue weighted by Crippen LogP contribution is -2.20. The maximum absolute atomic E-state index is 12.2. The van der Waals surface area contributed by atoms with E-state index in [1.54, 1.807) is 6.92 Å². The smallest absolute Gasteiger partial charge is 0.264 e. The minimum Gasteiger partial charge on any atom is -0.264 e. The van der Waals surface area contributed by atoms with Crippen molar-refractivity contribution < 1.29 is 4.79 Å². The molecule has 1 N–H and O–H groups in total. The van der Waals surface area contributed by atoms with Crippen LogP contribution in [0.15, 0.2) is 47.6 Å². The van der Waals surface area contributed by atoms with Gasteiger partial charge in [0.2, 0.25) is 5.82 Å². The molecule has 3 rings (SSSR count). The minimum absolute atomic E-state index is 0.0322. The van der Waals surface area contributed by atoms with Crippen LogP contribution in [0, 0.1) is 13.8 Å². The number of benzene rings is 1. The summed E-state index contributed by atoms with van der Waals surface area (Å²) in [6, 6.07) is 11.7. The number of fused-ring (bicyclic) bond motifs is 1. The SMILES string of the molecule is CC(/C=C/c1ccccc1)=N/NC(=O)c1nc2nc(C)cc(C)n2n1. The van der Waals surface area contributed by atoms with Crippen LogP contribution >= 0.6 is 0 Å². The molecule has 0 aliphatic rings. The van der Waals surface area contributed by atoms with Gasteiger partial charge in [0.25, 0.3) is 5.78 Å². The van der Waals surface area contributed by atoms with Crippen LogP contribution in [-0.2, 0) is 0 Å². The van der Waals surface area contributed by atoms with Gasteiger partial charge in [-0.25, -0.2) is 14.9 Å². The lowest BCUT2D eigenvalue weighted by atomic mass is 10.2. The standard InChI is InChI=1S/C18H18N6O/c1-12(9-10-15-7-5-4-6-8-15)21-22-17(25)16-20-18-19-13(2)11-14(3)24(18)23-16/h4-11H,1-3H3,(H,22,25)/b10-9+,21-12-. The number of carbonyl (C=O) groups excluding carboxylic acids is 1. The van der Waals surface area contributed by atoms with Gasteiger partial charge in [-0.3, -0.25) is 4.79 Å². The van der Waals surface area contributed by atoms with Crippen molar-refractivity contribution in [2.75, 3.05) is 0 Å². The Bertz CT molecular complexity index is 972. The van der Waals surface area contributed by atoms with E-state index in [0.717, 1.165) is 17.0 Å². The van der Waals surface area contributed by atoms with Crippen LogP contribution in [0.3, 0.4) is 0 Å². The fourth-order valence-corrected chi connectivity index (χ4v) is 2.27. The summed E-state index contributed by atoms with van der Waals surface area (Å²) in [5.41, 5.74) is 5.86. The Hall–Kier alpha value is -3.35. The molecule has 25 heavy (non-hydrogen) atoms. The van der Waals surface area contributed by atoms with Gasteiger partial charge in [0, 0.05) is 11.4 Å². The number of amides is 1. The highest BCUT2D eigenvalue weighted by molar-refractivity contribution is 5.98. The molecule has 0 atom stereocenters. The first kappa shape index (κ1) is 16.5. The van der Waals surface area contributed by atoms with Gasteiger partial charge in [-0.05, 0) is 38.5 Å². The number of aromatic nitrogens is 4. The summed E-state index contributed by atoms with van der Waals surface area (Å²) >= 11 is 0. The molecule has 7 nitrogen and oxygen atoms in total. The van der Waals surface area contributed by atoms with Crippen LogP contribution in [0.5, 0.6) is 0 Å². The van der Waals surface area contributed by atoms with E-state index in [2.05, 4.69) is 25.6 Å². The first-order chi connectivity index (χ1) is 12.0. The van der Waals surface area contributed by atoms with Gasteiger partial charge in [-0.15, -0.1) is 5.10 Å². The normalized spacial score (nSPS) is 12.0. The van der Waals surface area contributed by atoms with E-state index < -0.39 is 5.91 Å². The largest absolute Gasteiger partial charge is 0.311 e. The second-order valence-electron chi connectivity index (χ2n) is 5.62. The quantitative estimate of drug-likeness (QED) is 0.587. The molecule has 0 bridgehead atoms. The van der Waals surface area contributed by atoms with E-state index >= 15 is 0 Å². The molecule has 0 aliphatic heterocycles. The fourth-order valence-electron chi connectivity index (χ4n) is 2.27. The predicted octanol–water partition coefficient (Wildman–Crippen LogP) is 2.56. The number of hydrazone groups is 1. The molecule has 2 heterocycles. The summed E-state index contributed by atoms with van der Waals surface area (Å²) in [6.07, 6.45) is 3.74. The van der Waals surface area contributed by atoms with Crippen molar-refractivity contribution in [3.05, 3.63) is 65.2 Å². The van der Waals surface area contributed by atoms with Crippen molar-refractivity contribution in [2.24, 2.45) is 5.10 Å². The molecule has 0 spiro atoms. The van der Waals surface area contributed by atoms with E-state index in [1.165, 1.54) is 4.52 Å². The van der Waals surface area contributed by atoms with Gasteiger partial charge in [0.05, 0.1) is 5.71 Å². The highest BCUT2D eigenvalue weighted by Gasteiger charge is 2.14. The van der Waals surface area contributed by atoms with Crippen LogP contribution in [0.4, 0.5) is 0 Å². The molecular formula is C18H18N6O. The van der Waals surface area contributed by atoms with Gasteiger partial charge in [-0.1, -0.05) is 36.4 Å². The highest BCUT2D eigenvalue weighted by Crippen LogP contribution is 2.05. The van der Waals surface area contributed by atoms with Crippen molar-refractivity contribution in [3.63, 3.8) is 0 Å². The zero-order valence-corrected chi connectivity index (χ0v) is 14.3. The summed E-state index contributed by atoms with van der Waals surface area (Å²) in [6.45, 7) is 5.55. The molecule has 0 saturated heterocycles. The molecule has 0 fully saturated rings. The van der Waals surface area contributed by atoms with Crippen molar-refractivity contribution in [1.82, 2.24) is 25.0 Å². The second-order valence-corrected chi connectivity index (χ2v) is 5.62. The summed E-state index contributed by atoms with van der Waals surface area (Å²) in [7, 11) is 0. The monoisotopic (exact) mass is 334 g/mol. The molecule has 0 saturated carbocycles. The Balaban J connectivity index is 1.71. The molecule has 126 valence electrons. The van der Waals surface area contributed by atoms with Crippen LogP contribution in [0.1, 0.15) is 34.5 Å². The summed E-state index contributed by atoms with van der Waals surface area (Å²) in [5.74, 6) is -0.0490. The Morgan fingerprint density at radius 1 is 1.20 bits per heavy atom. The number of aryl methyl sites for hydroxylation is 2. The molecule has 7 heteroatoms. The van der Waals surface area contributed by atoms with Gasteiger partial charge >= 0.3 is 5.91 Å². The summed E-state index contributed by atoms with van der Waals surface area (Å²) in [4.78, 5) is 20.6. The first-order valence-electron chi connectivity index (χ1n) is 7.82. The zero-order chi connectivity index (χ0) is 17.8. The van der Waals surface area contributed by atoms with Crippen LogP contribution < -0.4 is 5.43 Å². The molecule has 1 amide bonds. The topological polar surface area (TPSA) is 84.5 Å². The highest BCUT2D eigenvalue weighted by atomic mass is 16.2. The van der Waals surface area contributed by atoms with Gasteiger partial charge < -0.3 is 0 Å². The summed E-state index contributed by atoms with van der Waals surface area (Å²) in [5, 5.41) is 8.21. The Labute approximate surface area is 145 Å². The molecular weight excluding hydrogens is 316 g/mol. The van der Waals surface area contributed by atoms with Crippen LogP contribution in [-0.4, -0.2) is 31.2 Å². The first-order valence-corrected chi connectivity index (χ1v) is 7.82. The summed E-state index contributed by atoms with van der Waals surface area (Å²) < 4.78 is 1.54. The Morgan fingerprint density at radius 3 is 2.72 bits per heavy atom. The molecule has 1 aromatic carbocycles. The lowest BCUT2D eigenvalue weighted by molar-refractivity contribution is 0.0944. The van der Waals surface area contributed by atoms with Crippen LogP contribution in [0.2, 0.25) is 0 Å². The van der Waals surface area contributed by atoms with E-state index in [-0.39, 0.29) is 5.82 Å². The number of hydrogen-bond acceptors (Lipinski definition) is 5. The molecule has 0 aliphatic carbocycles. The average Bonchev–Trinajstić information content (AvgIpc) is 3.03. The third kappa shape index (κ3) is 3.95. The van der Waals surface area contributed by atoms with Gasteiger partial charge in [0.1, 0.15) is 0 Å². The Kier molecular flexibility index (Phi) is 4.65. The van der Waals surface area contributed by atoms with E-state index in [1.807, 2.05) is 62.4 Å². The fraction of sp³-hybridized carbons (Fsp3) is 0.167. The lowest BCUT2D eigenvalue weighted by Gasteiger charge is -1.97. The molecule has 0 radical (unpaired) electrons. The third-order valence-electron chi connectivity index (χ3n) is 3.47. The zero-order valence-electron chi connectivity index (χ0n) is 14.3. The molecule has 2 aromatic heterocycles.